The monoisotopic (exact) mass is 840 g/mol. The van der Waals surface area contributed by atoms with E-state index in [-0.39, 0.29) is 0 Å². The van der Waals surface area contributed by atoms with Gasteiger partial charge in [0, 0.05) is 49.0 Å². The van der Waals surface area contributed by atoms with Gasteiger partial charge in [0.05, 0.1) is 22.3 Å². The second-order valence-electron chi connectivity index (χ2n) is 17.1. The molecule has 0 spiro atoms. The zero-order chi connectivity index (χ0) is 43.3. The fourth-order valence-electron chi connectivity index (χ4n) is 10.3. The Kier molecular flexibility index (Phi) is 7.91. The molecule has 0 aliphatic rings. The fraction of sp³-hybridized carbons (Fsp3) is 0. The summed E-state index contributed by atoms with van der Waals surface area (Å²) in [4.78, 5) is 16.0. The first-order valence-electron chi connectivity index (χ1n) is 22.3. The summed E-state index contributed by atoms with van der Waals surface area (Å²) in [5.74, 6) is 1.71. The average molecular weight is 841 g/mol. The second-order valence-corrected chi connectivity index (χ2v) is 17.1. The van der Waals surface area contributed by atoms with E-state index in [0.717, 1.165) is 71.7 Å². The van der Waals surface area contributed by atoms with Crippen molar-refractivity contribution < 1.29 is 4.42 Å². The van der Waals surface area contributed by atoms with Crippen LogP contribution in [0.1, 0.15) is 0 Å². The number of hydrogen-bond donors (Lipinski definition) is 0. The number of fused-ring (bicyclic) bond motifs is 11. The molecule has 0 saturated heterocycles. The van der Waals surface area contributed by atoms with Crippen molar-refractivity contribution in [1.82, 2.24) is 19.5 Å². The summed E-state index contributed by atoms with van der Waals surface area (Å²) in [6, 6.07) is 77.8. The van der Waals surface area contributed by atoms with Crippen molar-refractivity contribution in [2.45, 2.75) is 0 Å². The number of para-hydroxylation sites is 2. The fourth-order valence-corrected chi connectivity index (χ4v) is 10.3. The Bertz CT molecular complexity index is 4300. The van der Waals surface area contributed by atoms with Crippen LogP contribution in [-0.2, 0) is 0 Å². The van der Waals surface area contributed by atoms with Crippen molar-refractivity contribution in [3.05, 3.63) is 218 Å². The molecule has 0 aliphatic carbocycles. The van der Waals surface area contributed by atoms with E-state index >= 15 is 0 Å². The van der Waals surface area contributed by atoms with Gasteiger partial charge >= 0.3 is 0 Å². The van der Waals surface area contributed by atoms with Crippen LogP contribution in [0.3, 0.4) is 0 Å². The molecule has 5 heteroatoms. The van der Waals surface area contributed by atoms with Crippen LogP contribution in [0.5, 0.6) is 0 Å². The van der Waals surface area contributed by atoms with Gasteiger partial charge in [0.1, 0.15) is 11.2 Å². The van der Waals surface area contributed by atoms with Crippen LogP contribution in [0.2, 0.25) is 0 Å². The van der Waals surface area contributed by atoms with Crippen LogP contribution in [0.15, 0.2) is 223 Å². The number of furan rings is 1. The Labute approximate surface area is 378 Å². The van der Waals surface area contributed by atoms with E-state index in [9.17, 15) is 0 Å². The number of benzene rings is 11. The molecule has 0 amide bonds. The molecular weight excluding hydrogens is 805 g/mol. The highest BCUT2D eigenvalue weighted by molar-refractivity contribution is 6.22. The summed E-state index contributed by atoms with van der Waals surface area (Å²) in [5.41, 5.74) is 9.77. The summed E-state index contributed by atoms with van der Waals surface area (Å²) in [5, 5.41) is 13.8. The van der Waals surface area contributed by atoms with Crippen molar-refractivity contribution in [2.24, 2.45) is 0 Å². The summed E-state index contributed by atoms with van der Waals surface area (Å²) in [6.45, 7) is 0. The van der Waals surface area contributed by atoms with Gasteiger partial charge in [-0.3, -0.25) is 0 Å². The van der Waals surface area contributed by atoms with E-state index in [1.807, 2.05) is 36.4 Å². The standard InChI is InChI=1S/C61H36N4O/c1-2-17-39(18-3-1)59-62-60(50-27-14-26-49-46-24-12-13-28-55(46)66-58(49)50)64-61(63-59)53-36-51(43-30-29-37-15-4-5-19-40(37)33-43)57(47-25-11-10-23-45(47)53)65-54-35-42-21-7-6-20-41(42)34-52(54)48-32-31-38-16-8-9-22-44(38)56(48)65/h1-36H. The Balaban J connectivity index is 1.13. The van der Waals surface area contributed by atoms with Crippen molar-refractivity contribution in [2.75, 3.05) is 0 Å². The third kappa shape index (κ3) is 5.57. The molecular formula is C61H36N4O. The molecule has 5 nitrogen and oxygen atoms in total. The molecule has 306 valence electrons. The van der Waals surface area contributed by atoms with Crippen molar-refractivity contribution in [3.63, 3.8) is 0 Å². The number of rotatable bonds is 5. The molecule has 0 bridgehead atoms. The lowest BCUT2D eigenvalue weighted by atomic mass is 9.92. The minimum Gasteiger partial charge on any atom is -0.455 e. The summed E-state index contributed by atoms with van der Waals surface area (Å²) in [6.07, 6.45) is 0. The van der Waals surface area contributed by atoms with Crippen LogP contribution in [-0.4, -0.2) is 19.5 Å². The Morgan fingerprint density at radius 3 is 1.74 bits per heavy atom. The van der Waals surface area contributed by atoms with E-state index < -0.39 is 0 Å². The predicted molar refractivity (Wildman–Crippen MR) is 273 cm³/mol. The van der Waals surface area contributed by atoms with Gasteiger partial charge in [0.2, 0.25) is 0 Å². The van der Waals surface area contributed by atoms with Gasteiger partial charge < -0.3 is 8.98 Å². The van der Waals surface area contributed by atoms with Gasteiger partial charge in [-0.2, -0.15) is 0 Å². The van der Waals surface area contributed by atoms with Crippen LogP contribution in [0.25, 0.3) is 138 Å². The first kappa shape index (κ1) is 36.5. The largest absolute Gasteiger partial charge is 0.455 e. The van der Waals surface area contributed by atoms with Crippen LogP contribution >= 0.6 is 0 Å². The second kappa shape index (κ2) is 14.3. The molecule has 66 heavy (non-hydrogen) atoms. The Hall–Kier alpha value is -8.93. The molecule has 0 radical (unpaired) electrons. The molecule has 0 unspecified atom stereocenters. The number of nitrogens with zero attached hydrogens (tertiary/aromatic N) is 4. The molecule has 11 aromatic carbocycles. The molecule has 3 heterocycles. The lowest BCUT2D eigenvalue weighted by Crippen LogP contribution is -2.04. The number of hydrogen-bond acceptors (Lipinski definition) is 4. The molecule has 0 saturated carbocycles. The van der Waals surface area contributed by atoms with Crippen molar-refractivity contribution >= 4 is 86.8 Å². The highest BCUT2D eigenvalue weighted by Crippen LogP contribution is 2.46. The van der Waals surface area contributed by atoms with Crippen LogP contribution in [0.4, 0.5) is 0 Å². The predicted octanol–water partition coefficient (Wildman–Crippen LogP) is 16.1. The van der Waals surface area contributed by atoms with E-state index in [0.29, 0.717) is 17.5 Å². The molecule has 14 rings (SSSR count). The normalized spacial score (nSPS) is 11.9. The number of aromatic nitrogens is 4. The lowest BCUT2D eigenvalue weighted by Gasteiger charge is -2.21. The Morgan fingerprint density at radius 2 is 0.924 bits per heavy atom. The molecule has 0 atom stereocenters. The molecule has 3 aromatic heterocycles. The molecule has 0 aliphatic heterocycles. The average Bonchev–Trinajstić information content (AvgIpc) is 3.93. The first-order chi connectivity index (χ1) is 32.7. The topological polar surface area (TPSA) is 56.7 Å². The van der Waals surface area contributed by atoms with Crippen LogP contribution in [0, 0.1) is 0 Å². The zero-order valence-corrected chi connectivity index (χ0v) is 35.5. The molecule has 14 aromatic rings. The third-order valence-corrected chi connectivity index (χ3v) is 13.4. The SMILES string of the molecule is c1ccc(-c2nc(-c3cc(-c4ccc5ccccc5c4)c(-n4c5cc6ccccc6cc5c5ccc6ccccc6c54)c4ccccc34)nc(-c3cccc4c3oc3ccccc34)n2)cc1. The smallest absolute Gasteiger partial charge is 0.167 e. The van der Waals surface area contributed by atoms with Gasteiger partial charge in [0.25, 0.3) is 0 Å². The van der Waals surface area contributed by atoms with Gasteiger partial charge in [-0.15, -0.1) is 0 Å². The maximum atomic E-state index is 6.59. The Morgan fingerprint density at radius 1 is 0.318 bits per heavy atom. The van der Waals surface area contributed by atoms with Gasteiger partial charge in [-0.05, 0) is 74.3 Å². The first-order valence-corrected chi connectivity index (χ1v) is 22.3. The molecule has 0 N–H and O–H groups in total. The van der Waals surface area contributed by atoms with Crippen LogP contribution < -0.4 is 0 Å². The minimum atomic E-state index is 0.546. The van der Waals surface area contributed by atoms with Crippen molar-refractivity contribution in [1.29, 1.82) is 0 Å². The summed E-state index contributed by atoms with van der Waals surface area (Å²) in [7, 11) is 0. The van der Waals surface area contributed by atoms with Gasteiger partial charge in [-0.1, -0.05) is 182 Å². The maximum absolute atomic E-state index is 6.59. The van der Waals surface area contributed by atoms with E-state index in [1.54, 1.807) is 0 Å². The van der Waals surface area contributed by atoms with Gasteiger partial charge in [0.15, 0.2) is 17.5 Å². The highest BCUT2D eigenvalue weighted by atomic mass is 16.3. The summed E-state index contributed by atoms with van der Waals surface area (Å²) < 4.78 is 9.13. The van der Waals surface area contributed by atoms with E-state index in [1.165, 1.54) is 48.6 Å². The summed E-state index contributed by atoms with van der Waals surface area (Å²) >= 11 is 0. The third-order valence-electron chi connectivity index (χ3n) is 13.4. The zero-order valence-electron chi connectivity index (χ0n) is 35.5. The molecule has 0 fully saturated rings. The quantitative estimate of drug-likeness (QED) is 0.173. The van der Waals surface area contributed by atoms with E-state index in [2.05, 4.69) is 187 Å². The van der Waals surface area contributed by atoms with E-state index in [4.69, 9.17) is 19.4 Å². The lowest BCUT2D eigenvalue weighted by molar-refractivity contribution is 0.669. The minimum absolute atomic E-state index is 0.546. The van der Waals surface area contributed by atoms with Gasteiger partial charge in [-0.25, -0.2) is 15.0 Å². The van der Waals surface area contributed by atoms with Crippen molar-refractivity contribution in [3.8, 4) is 51.0 Å². The maximum Gasteiger partial charge on any atom is 0.167 e. The highest BCUT2D eigenvalue weighted by Gasteiger charge is 2.25.